The Hall–Kier alpha value is -1.81. The number of aryl methyl sites for hydroxylation is 1. The van der Waals surface area contributed by atoms with Gasteiger partial charge in [-0.2, -0.15) is 0 Å². The van der Waals surface area contributed by atoms with Crippen molar-refractivity contribution in [2.24, 2.45) is 0 Å². The van der Waals surface area contributed by atoms with Crippen LogP contribution in [0.3, 0.4) is 0 Å². The number of aromatic nitrogens is 1. The van der Waals surface area contributed by atoms with Gasteiger partial charge in [-0.15, -0.1) is 0 Å². The Morgan fingerprint density at radius 2 is 2.05 bits per heavy atom. The molecular formula is C15H15ClN2O2. The molecule has 1 aromatic heterocycles. The summed E-state index contributed by atoms with van der Waals surface area (Å²) in [7, 11) is 0. The number of rotatable bonds is 2. The first-order valence-corrected chi connectivity index (χ1v) is 7.04. The van der Waals surface area contributed by atoms with Crippen molar-refractivity contribution < 1.29 is 9.90 Å². The number of fused-ring (bicyclic) bond motifs is 1. The first-order valence-electron chi connectivity index (χ1n) is 6.66. The SMILES string of the molecule is Cc1c(Cl)ccc2cc(C(=O)O)c(N3CCCC3)nc12. The van der Waals surface area contributed by atoms with Gasteiger partial charge in [-0.25, -0.2) is 9.78 Å². The Labute approximate surface area is 122 Å². The molecule has 1 aliphatic heterocycles. The number of nitrogens with zero attached hydrogens (tertiary/aromatic N) is 2. The van der Waals surface area contributed by atoms with Crippen LogP contribution in [0.1, 0.15) is 28.8 Å². The second-order valence-corrected chi connectivity index (χ2v) is 5.51. The number of benzene rings is 1. The van der Waals surface area contributed by atoms with E-state index in [-0.39, 0.29) is 5.56 Å². The van der Waals surface area contributed by atoms with Gasteiger partial charge in [-0.1, -0.05) is 17.7 Å². The van der Waals surface area contributed by atoms with E-state index in [0.717, 1.165) is 42.4 Å². The monoisotopic (exact) mass is 290 g/mol. The van der Waals surface area contributed by atoms with Crippen LogP contribution in [0.2, 0.25) is 5.02 Å². The number of pyridine rings is 1. The van der Waals surface area contributed by atoms with Gasteiger partial charge in [-0.3, -0.25) is 0 Å². The quantitative estimate of drug-likeness (QED) is 0.920. The fourth-order valence-electron chi connectivity index (χ4n) is 2.67. The summed E-state index contributed by atoms with van der Waals surface area (Å²) in [5.41, 5.74) is 1.94. The molecular weight excluding hydrogens is 276 g/mol. The average Bonchev–Trinajstić information content (AvgIpc) is 2.96. The van der Waals surface area contributed by atoms with Crippen LogP contribution in [0.5, 0.6) is 0 Å². The number of carboxylic acids is 1. The molecule has 0 spiro atoms. The van der Waals surface area contributed by atoms with E-state index in [9.17, 15) is 9.90 Å². The van der Waals surface area contributed by atoms with Crippen molar-refractivity contribution in [2.45, 2.75) is 19.8 Å². The fraction of sp³-hybridized carbons (Fsp3) is 0.333. The van der Waals surface area contributed by atoms with Gasteiger partial charge >= 0.3 is 5.97 Å². The van der Waals surface area contributed by atoms with Crippen LogP contribution in [0, 0.1) is 6.92 Å². The van der Waals surface area contributed by atoms with Gasteiger partial charge in [0.05, 0.1) is 5.52 Å². The van der Waals surface area contributed by atoms with Crippen molar-refractivity contribution in [1.82, 2.24) is 4.98 Å². The Bertz CT molecular complexity index is 694. The molecule has 4 nitrogen and oxygen atoms in total. The van der Waals surface area contributed by atoms with E-state index < -0.39 is 5.97 Å². The van der Waals surface area contributed by atoms with Gasteiger partial charge in [0.15, 0.2) is 0 Å². The Balaban J connectivity index is 2.27. The maximum absolute atomic E-state index is 11.5. The topological polar surface area (TPSA) is 53.4 Å². The van der Waals surface area contributed by atoms with Crippen LogP contribution in [0.25, 0.3) is 10.9 Å². The molecule has 2 heterocycles. The smallest absolute Gasteiger partial charge is 0.339 e. The highest BCUT2D eigenvalue weighted by atomic mass is 35.5. The third kappa shape index (κ3) is 2.10. The molecule has 5 heteroatoms. The van der Waals surface area contributed by atoms with E-state index in [4.69, 9.17) is 11.6 Å². The molecule has 0 bridgehead atoms. The van der Waals surface area contributed by atoms with Gasteiger partial charge in [0.2, 0.25) is 0 Å². The number of hydrogen-bond acceptors (Lipinski definition) is 3. The summed E-state index contributed by atoms with van der Waals surface area (Å²) in [5, 5.41) is 10.9. The fourth-order valence-corrected chi connectivity index (χ4v) is 2.83. The van der Waals surface area contributed by atoms with Crippen LogP contribution in [0.15, 0.2) is 18.2 Å². The first-order chi connectivity index (χ1) is 9.58. The summed E-state index contributed by atoms with van der Waals surface area (Å²) < 4.78 is 0. The predicted octanol–water partition coefficient (Wildman–Crippen LogP) is 3.50. The average molecular weight is 291 g/mol. The minimum Gasteiger partial charge on any atom is -0.478 e. The largest absolute Gasteiger partial charge is 0.478 e. The van der Waals surface area contributed by atoms with Crippen molar-refractivity contribution in [3.8, 4) is 0 Å². The number of halogens is 1. The summed E-state index contributed by atoms with van der Waals surface area (Å²) in [6.07, 6.45) is 2.15. The predicted molar refractivity (Wildman–Crippen MR) is 79.9 cm³/mol. The molecule has 1 saturated heterocycles. The zero-order chi connectivity index (χ0) is 14.3. The zero-order valence-electron chi connectivity index (χ0n) is 11.2. The van der Waals surface area contributed by atoms with E-state index in [1.54, 1.807) is 12.1 Å². The highest BCUT2D eigenvalue weighted by Crippen LogP contribution is 2.30. The lowest BCUT2D eigenvalue weighted by atomic mass is 10.1. The number of anilines is 1. The lowest BCUT2D eigenvalue weighted by Gasteiger charge is -2.19. The molecule has 0 amide bonds. The van der Waals surface area contributed by atoms with Gasteiger partial charge in [-0.05, 0) is 37.5 Å². The molecule has 20 heavy (non-hydrogen) atoms. The van der Waals surface area contributed by atoms with Crippen LogP contribution in [-0.4, -0.2) is 29.1 Å². The summed E-state index contributed by atoms with van der Waals surface area (Å²) >= 11 is 6.13. The summed E-state index contributed by atoms with van der Waals surface area (Å²) in [6.45, 7) is 3.63. The molecule has 0 radical (unpaired) electrons. The lowest BCUT2D eigenvalue weighted by Crippen LogP contribution is -2.22. The van der Waals surface area contributed by atoms with Gasteiger partial charge < -0.3 is 10.0 Å². The Morgan fingerprint density at radius 1 is 1.35 bits per heavy atom. The van der Waals surface area contributed by atoms with E-state index in [0.29, 0.717) is 10.8 Å². The Morgan fingerprint density at radius 3 is 2.70 bits per heavy atom. The summed E-state index contributed by atoms with van der Waals surface area (Å²) in [6, 6.07) is 5.29. The molecule has 1 fully saturated rings. The van der Waals surface area contributed by atoms with E-state index in [1.165, 1.54) is 0 Å². The maximum Gasteiger partial charge on any atom is 0.339 e. The van der Waals surface area contributed by atoms with Crippen molar-refractivity contribution in [3.05, 3.63) is 34.3 Å². The molecule has 0 saturated carbocycles. The second-order valence-electron chi connectivity index (χ2n) is 5.10. The zero-order valence-corrected chi connectivity index (χ0v) is 11.9. The normalized spacial score (nSPS) is 15.0. The van der Waals surface area contributed by atoms with Crippen molar-refractivity contribution >= 4 is 34.3 Å². The first kappa shape index (κ1) is 13.2. The van der Waals surface area contributed by atoms with E-state index in [1.807, 2.05) is 17.9 Å². The molecule has 1 aliphatic rings. The molecule has 3 rings (SSSR count). The summed E-state index contributed by atoms with van der Waals surface area (Å²) in [5.74, 6) is -0.373. The molecule has 0 atom stereocenters. The molecule has 0 aliphatic carbocycles. The second kappa shape index (κ2) is 4.94. The highest BCUT2D eigenvalue weighted by molar-refractivity contribution is 6.32. The van der Waals surface area contributed by atoms with Crippen LogP contribution < -0.4 is 4.90 Å². The van der Waals surface area contributed by atoms with Crippen molar-refractivity contribution in [1.29, 1.82) is 0 Å². The molecule has 104 valence electrons. The van der Waals surface area contributed by atoms with Crippen LogP contribution in [-0.2, 0) is 0 Å². The molecule has 0 unspecified atom stereocenters. The van der Waals surface area contributed by atoms with Crippen LogP contribution in [0.4, 0.5) is 5.82 Å². The van der Waals surface area contributed by atoms with E-state index >= 15 is 0 Å². The Kier molecular flexibility index (Phi) is 3.26. The van der Waals surface area contributed by atoms with E-state index in [2.05, 4.69) is 4.98 Å². The minimum absolute atomic E-state index is 0.265. The number of carbonyl (C=O) groups is 1. The van der Waals surface area contributed by atoms with Crippen molar-refractivity contribution in [3.63, 3.8) is 0 Å². The number of carboxylic acid groups (broad SMARTS) is 1. The minimum atomic E-state index is -0.936. The van der Waals surface area contributed by atoms with Crippen molar-refractivity contribution in [2.75, 3.05) is 18.0 Å². The standard InChI is InChI=1S/C15H15ClN2O2/c1-9-12(16)5-4-10-8-11(15(19)20)14(17-13(9)10)18-6-2-3-7-18/h4-5,8H,2-3,6-7H2,1H3,(H,19,20). The third-order valence-electron chi connectivity index (χ3n) is 3.79. The number of aromatic carboxylic acids is 1. The van der Waals surface area contributed by atoms with Gasteiger partial charge in [0.1, 0.15) is 11.4 Å². The molecule has 2 aromatic rings. The maximum atomic E-state index is 11.5. The van der Waals surface area contributed by atoms with Crippen LogP contribution >= 0.6 is 11.6 Å². The number of hydrogen-bond donors (Lipinski definition) is 1. The van der Waals surface area contributed by atoms with Gasteiger partial charge in [0, 0.05) is 23.5 Å². The molecule has 1 aromatic carbocycles. The molecule has 1 N–H and O–H groups in total. The summed E-state index contributed by atoms with van der Waals surface area (Å²) in [4.78, 5) is 18.1. The highest BCUT2D eigenvalue weighted by Gasteiger charge is 2.22. The van der Waals surface area contributed by atoms with Gasteiger partial charge in [0.25, 0.3) is 0 Å². The lowest BCUT2D eigenvalue weighted by molar-refractivity contribution is 0.0697. The third-order valence-corrected chi connectivity index (χ3v) is 4.20.